The van der Waals surface area contributed by atoms with Crippen LogP contribution in [0.5, 0.6) is 0 Å². The first-order valence-electron chi connectivity index (χ1n) is 6.38. The Hall–Kier alpha value is -0.900. The Morgan fingerprint density at radius 2 is 2.00 bits per heavy atom. The van der Waals surface area contributed by atoms with Gasteiger partial charge in [-0.25, -0.2) is 4.39 Å². The van der Waals surface area contributed by atoms with E-state index in [4.69, 9.17) is 11.6 Å². The second kappa shape index (κ2) is 6.70. The molecule has 0 bridgehead atoms. The van der Waals surface area contributed by atoms with Crippen LogP contribution in [0.1, 0.15) is 22.7 Å². The van der Waals surface area contributed by atoms with Gasteiger partial charge in [0.05, 0.1) is 0 Å². The minimum atomic E-state index is -0.225. The first-order valence-corrected chi connectivity index (χ1v) is 7.55. The third-order valence-electron chi connectivity index (χ3n) is 3.29. The normalized spacial score (nSPS) is 12.4. The van der Waals surface area contributed by atoms with Gasteiger partial charge in [0.1, 0.15) is 5.82 Å². The van der Waals surface area contributed by atoms with Crippen LogP contribution in [0.15, 0.2) is 40.9 Å². The molecular formula is C16H16BrClFN. The van der Waals surface area contributed by atoms with Crippen molar-refractivity contribution in [3.63, 3.8) is 0 Å². The van der Waals surface area contributed by atoms with Gasteiger partial charge in [-0.15, -0.1) is 0 Å². The van der Waals surface area contributed by atoms with Crippen LogP contribution >= 0.6 is 27.5 Å². The summed E-state index contributed by atoms with van der Waals surface area (Å²) in [6.45, 7) is 1.98. The molecule has 0 amide bonds. The summed E-state index contributed by atoms with van der Waals surface area (Å²) >= 11 is 9.38. The van der Waals surface area contributed by atoms with Crippen molar-refractivity contribution in [1.82, 2.24) is 5.32 Å². The fraction of sp³-hybridized carbons (Fsp3) is 0.250. The molecule has 0 saturated carbocycles. The topological polar surface area (TPSA) is 12.0 Å². The van der Waals surface area contributed by atoms with Crippen molar-refractivity contribution >= 4 is 27.5 Å². The van der Waals surface area contributed by atoms with E-state index in [1.165, 1.54) is 6.07 Å². The molecule has 0 saturated heterocycles. The lowest BCUT2D eigenvalue weighted by atomic mass is 9.97. The van der Waals surface area contributed by atoms with Crippen molar-refractivity contribution < 1.29 is 4.39 Å². The predicted octanol–water partition coefficient (Wildman–Crippen LogP) is 5.05. The van der Waals surface area contributed by atoms with E-state index in [1.54, 1.807) is 6.07 Å². The summed E-state index contributed by atoms with van der Waals surface area (Å²) in [5, 5.41) is 4.03. The van der Waals surface area contributed by atoms with E-state index >= 15 is 0 Å². The van der Waals surface area contributed by atoms with Crippen molar-refractivity contribution in [2.75, 3.05) is 7.05 Å². The first kappa shape index (κ1) is 15.5. The Morgan fingerprint density at radius 1 is 1.25 bits per heavy atom. The zero-order chi connectivity index (χ0) is 14.7. The summed E-state index contributed by atoms with van der Waals surface area (Å²) in [4.78, 5) is 0. The number of likely N-dealkylation sites (N-methyl/N-ethyl adjacent to an activating group) is 1. The van der Waals surface area contributed by atoms with Crippen molar-refractivity contribution in [3.8, 4) is 0 Å². The summed E-state index contributed by atoms with van der Waals surface area (Å²) in [6, 6.07) is 11.1. The van der Waals surface area contributed by atoms with Crippen molar-refractivity contribution in [2.45, 2.75) is 19.4 Å². The standard InChI is InChI=1S/C16H16BrClFN/c1-10-5-12(3-4-15(10)18)16(20-2)8-11-6-13(17)9-14(19)7-11/h3-7,9,16,20H,8H2,1-2H3. The van der Waals surface area contributed by atoms with E-state index in [-0.39, 0.29) is 11.9 Å². The molecule has 1 unspecified atom stereocenters. The van der Waals surface area contributed by atoms with Gasteiger partial charge < -0.3 is 5.32 Å². The van der Waals surface area contributed by atoms with Crippen LogP contribution in [0.2, 0.25) is 5.02 Å². The summed E-state index contributed by atoms with van der Waals surface area (Å²) in [5.41, 5.74) is 3.14. The number of hydrogen-bond donors (Lipinski definition) is 1. The minimum Gasteiger partial charge on any atom is -0.313 e. The summed E-state index contributed by atoms with van der Waals surface area (Å²) < 4.78 is 14.2. The molecule has 0 aliphatic heterocycles. The van der Waals surface area contributed by atoms with E-state index in [2.05, 4.69) is 27.3 Å². The quantitative estimate of drug-likeness (QED) is 0.808. The largest absolute Gasteiger partial charge is 0.313 e. The molecule has 1 N–H and O–H groups in total. The maximum atomic E-state index is 13.4. The van der Waals surface area contributed by atoms with E-state index in [0.29, 0.717) is 6.42 Å². The molecule has 1 atom stereocenters. The Balaban J connectivity index is 2.26. The molecule has 0 aliphatic rings. The van der Waals surface area contributed by atoms with Gasteiger partial charge in [0, 0.05) is 15.5 Å². The highest BCUT2D eigenvalue weighted by atomic mass is 79.9. The third kappa shape index (κ3) is 3.81. The summed E-state index contributed by atoms with van der Waals surface area (Å²) in [5.74, 6) is -0.225. The van der Waals surface area contributed by atoms with Crippen LogP contribution < -0.4 is 5.32 Å². The van der Waals surface area contributed by atoms with Crippen LogP contribution in [-0.2, 0) is 6.42 Å². The number of rotatable bonds is 4. The maximum Gasteiger partial charge on any atom is 0.124 e. The number of benzene rings is 2. The lowest BCUT2D eigenvalue weighted by Gasteiger charge is -2.18. The molecule has 0 aliphatic carbocycles. The number of hydrogen-bond acceptors (Lipinski definition) is 1. The molecule has 2 rings (SSSR count). The zero-order valence-corrected chi connectivity index (χ0v) is 13.7. The molecule has 2 aromatic carbocycles. The predicted molar refractivity (Wildman–Crippen MR) is 85.8 cm³/mol. The van der Waals surface area contributed by atoms with E-state index in [9.17, 15) is 4.39 Å². The Kier molecular flexibility index (Phi) is 5.19. The third-order valence-corrected chi connectivity index (χ3v) is 4.18. The second-order valence-electron chi connectivity index (χ2n) is 4.83. The lowest BCUT2D eigenvalue weighted by Crippen LogP contribution is -2.19. The zero-order valence-electron chi connectivity index (χ0n) is 11.4. The average Bonchev–Trinajstić information content (AvgIpc) is 2.38. The molecule has 2 aromatic rings. The smallest absolute Gasteiger partial charge is 0.124 e. The summed E-state index contributed by atoms with van der Waals surface area (Å²) in [7, 11) is 1.91. The molecule has 0 fully saturated rings. The Bertz CT molecular complexity index is 595. The molecule has 0 aromatic heterocycles. The van der Waals surface area contributed by atoms with Gasteiger partial charge >= 0.3 is 0 Å². The first-order chi connectivity index (χ1) is 9.49. The minimum absolute atomic E-state index is 0.125. The van der Waals surface area contributed by atoms with Gasteiger partial charge in [-0.1, -0.05) is 39.7 Å². The second-order valence-corrected chi connectivity index (χ2v) is 6.15. The van der Waals surface area contributed by atoms with Crippen molar-refractivity contribution in [1.29, 1.82) is 0 Å². The number of nitrogens with one attached hydrogen (secondary N) is 1. The molecule has 0 spiro atoms. The van der Waals surface area contributed by atoms with Gasteiger partial charge in [0.2, 0.25) is 0 Å². The molecule has 1 nitrogen and oxygen atoms in total. The van der Waals surface area contributed by atoms with E-state index < -0.39 is 0 Å². The molecule has 20 heavy (non-hydrogen) atoms. The van der Waals surface area contributed by atoms with Crippen LogP contribution in [0, 0.1) is 12.7 Å². The van der Waals surface area contributed by atoms with Gasteiger partial charge in [-0.2, -0.15) is 0 Å². The number of halogens is 3. The van der Waals surface area contributed by atoms with Crippen LogP contribution in [0.25, 0.3) is 0 Å². The molecule has 106 valence electrons. The van der Waals surface area contributed by atoms with Gasteiger partial charge in [-0.05, 0) is 61.3 Å². The Morgan fingerprint density at radius 3 is 2.60 bits per heavy atom. The van der Waals surface area contributed by atoms with Crippen LogP contribution in [0.3, 0.4) is 0 Å². The van der Waals surface area contributed by atoms with Crippen LogP contribution in [-0.4, -0.2) is 7.05 Å². The fourth-order valence-electron chi connectivity index (χ4n) is 2.24. The summed E-state index contributed by atoms with van der Waals surface area (Å²) in [6.07, 6.45) is 0.716. The SMILES string of the molecule is CNC(Cc1cc(F)cc(Br)c1)c1ccc(Cl)c(C)c1. The molecule has 0 radical (unpaired) electrons. The van der Waals surface area contributed by atoms with Crippen LogP contribution in [0.4, 0.5) is 4.39 Å². The van der Waals surface area contributed by atoms with Crippen molar-refractivity contribution in [2.24, 2.45) is 0 Å². The molecule has 4 heteroatoms. The molecule has 0 heterocycles. The van der Waals surface area contributed by atoms with E-state index in [0.717, 1.165) is 26.2 Å². The fourth-order valence-corrected chi connectivity index (χ4v) is 2.87. The number of aryl methyl sites for hydroxylation is 1. The van der Waals surface area contributed by atoms with Gasteiger partial charge in [-0.3, -0.25) is 0 Å². The highest BCUT2D eigenvalue weighted by Gasteiger charge is 2.12. The lowest BCUT2D eigenvalue weighted by molar-refractivity contribution is 0.583. The van der Waals surface area contributed by atoms with E-state index in [1.807, 2.05) is 32.2 Å². The monoisotopic (exact) mass is 355 g/mol. The van der Waals surface area contributed by atoms with Gasteiger partial charge in [0.25, 0.3) is 0 Å². The highest BCUT2D eigenvalue weighted by Crippen LogP contribution is 2.25. The Labute approximate surface area is 132 Å². The average molecular weight is 357 g/mol. The maximum absolute atomic E-state index is 13.4. The van der Waals surface area contributed by atoms with Gasteiger partial charge in [0.15, 0.2) is 0 Å². The highest BCUT2D eigenvalue weighted by molar-refractivity contribution is 9.10. The molecular weight excluding hydrogens is 341 g/mol. The van der Waals surface area contributed by atoms with Crippen molar-refractivity contribution in [3.05, 3.63) is 68.4 Å².